The summed E-state index contributed by atoms with van der Waals surface area (Å²) in [5.74, 6) is -0.924. The normalized spacial score (nSPS) is 12.3. The third-order valence-electron chi connectivity index (χ3n) is 3.50. The molecular weight excluding hydrogens is 258 g/mol. The molecule has 0 aliphatic carbocycles. The lowest BCUT2D eigenvalue weighted by molar-refractivity contribution is -0.138. The van der Waals surface area contributed by atoms with Gasteiger partial charge in [-0.05, 0) is 37.0 Å². The predicted molar refractivity (Wildman–Crippen MR) is 63.7 cm³/mol. The van der Waals surface area contributed by atoms with E-state index < -0.39 is 23.0 Å². The summed E-state index contributed by atoms with van der Waals surface area (Å²) in [5, 5.41) is 9.18. The van der Waals surface area contributed by atoms with Crippen LogP contribution in [0, 0.1) is 22.6 Å². The van der Waals surface area contributed by atoms with Gasteiger partial charge < -0.3 is 0 Å². The van der Waals surface area contributed by atoms with E-state index in [1.807, 2.05) is 0 Å². The molecule has 1 nitrogen and oxygen atoms in total. The number of benzene rings is 1. The molecule has 0 heterocycles. The van der Waals surface area contributed by atoms with Crippen LogP contribution in [0.25, 0.3) is 0 Å². The van der Waals surface area contributed by atoms with Crippen LogP contribution in [0.5, 0.6) is 0 Å². The second-order valence-electron chi connectivity index (χ2n) is 4.58. The number of hydrogen-bond donors (Lipinski definition) is 0. The second kappa shape index (κ2) is 5.60. The van der Waals surface area contributed by atoms with Crippen LogP contribution in [0.4, 0.5) is 17.6 Å². The van der Waals surface area contributed by atoms with Gasteiger partial charge >= 0.3 is 6.18 Å². The zero-order chi connectivity index (χ0) is 14.7. The van der Waals surface area contributed by atoms with E-state index in [0.717, 1.165) is 12.1 Å². The van der Waals surface area contributed by atoms with Crippen LogP contribution in [0.15, 0.2) is 18.2 Å². The molecule has 0 aliphatic rings. The predicted octanol–water partition coefficient (Wildman–Crippen LogP) is 4.72. The molecular formula is C14H15F4N. The summed E-state index contributed by atoms with van der Waals surface area (Å²) in [6.45, 7) is 3.53. The SMILES string of the molecule is CCC(C#N)(CC)Cc1ccc(F)cc1C(F)(F)F. The maximum absolute atomic E-state index is 13.0. The molecule has 0 amide bonds. The zero-order valence-corrected chi connectivity index (χ0v) is 10.8. The van der Waals surface area contributed by atoms with Gasteiger partial charge in [-0.2, -0.15) is 18.4 Å². The van der Waals surface area contributed by atoms with Gasteiger partial charge in [-0.15, -0.1) is 0 Å². The van der Waals surface area contributed by atoms with Crippen molar-refractivity contribution in [3.05, 3.63) is 35.1 Å². The van der Waals surface area contributed by atoms with E-state index in [0.29, 0.717) is 18.9 Å². The molecule has 1 aromatic rings. The lowest BCUT2D eigenvalue weighted by Crippen LogP contribution is -2.22. The number of rotatable bonds is 4. The minimum atomic E-state index is -4.61. The molecule has 0 saturated heterocycles. The van der Waals surface area contributed by atoms with E-state index in [1.165, 1.54) is 0 Å². The van der Waals surface area contributed by atoms with Gasteiger partial charge in [0.1, 0.15) is 5.82 Å². The highest BCUT2D eigenvalue weighted by Gasteiger charge is 2.36. The first-order chi connectivity index (χ1) is 8.78. The van der Waals surface area contributed by atoms with Gasteiger partial charge in [-0.25, -0.2) is 4.39 Å². The molecule has 5 heteroatoms. The lowest BCUT2D eigenvalue weighted by atomic mass is 9.77. The summed E-state index contributed by atoms with van der Waals surface area (Å²) in [7, 11) is 0. The Morgan fingerprint density at radius 3 is 2.16 bits per heavy atom. The first kappa shape index (κ1) is 15.5. The average Bonchev–Trinajstić information content (AvgIpc) is 2.37. The molecule has 0 N–H and O–H groups in total. The summed E-state index contributed by atoms with van der Waals surface area (Å²) in [5.41, 5.74) is -1.86. The van der Waals surface area contributed by atoms with E-state index in [9.17, 15) is 22.8 Å². The van der Waals surface area contributed by atoms with Crippen LogP contribution in [-0.2, 0) is 12.6 Å². The Bertz CT molecular complexity index is 481. The molecule has 104 valence electrons. The van der Waals surface area contributed by atoms with Gasteiger partial charge in [-0.1, -0.05) is 19.9 Å². The summed E-state index contributed by atoms with van der Waals surface area (Å²) in [4.78, 5) is 0. The van der Waals surface area contributed by atoms with Crippen LogP contribution < -0.4 is 0 Å². The monoisotopic (exact) mass is 273 g/mol. The summed E-state index contributed by atoms with van der Waals surface area (Å²) in [6.07, 6.45) is -3.73. The molecule has 1 rings (SSSR count). The second-order valence-corrected chi connectivity index (χ2v) is 4.58. The quantitative estimate of drug-likeness (QED) is 0.728. The Morgan fingerprint density at radius 2 is 1.74 bits per heavy atom. The summed E-state index contributed by atoms with van der Waals surface area (Å²) < 4.78 is 51.6. The van der Waals surface area contributed by atoms with E-state index in [-0.39, 0.29) is 12.0 Å². The van der Waals surface area contributed by atoms with Gasteiger partial charge in [0.25, 0.3) is 0 Å². The van der Waals surface area contributed by atoms with E-state index in [4.69, 9.17) is 0 Å². The van der Waals surface area contributed by atoms with Crippen molar-refractivity contribution >= 4 is 0 Å². The molecule has 0 radical (unpaired) electrons. The Hall–Kier alpha value is -1.57. The third-order valence-corrected chi connectivity index (χ3v) is 3.50. The molecule has 0 aromatic heterocycles. The van der Waals surface area contributed by atoms with Gasteiger partial charge in [0, 0.05) is 0 Å². The number of nitrogens with zero attached hydrogens (tertiary/aromatic N) is 1. The zero-order valence-electron chi connectivity index (χ0n) is 10.8. The first-order valence-electron chi connectivity index (χ1n) is 6.05. The van der Waals surface area contributed by atoms with Crippen LogP contribution in [0.1, 0.15) is 37.8 Å². The summed E-state index contributed by atoms with van der Waals surface area (Å²) >= 11 is 0. The first-order valence-corrected chi connectivity index (χ1v) is 6.05. The fourth-order valence-corrected chi connectivity index (χ4v) is 2.03. The maximum atomic E-state index is 13.0. The highest BCUT2D eigenvalue weighted by atomic mass is 19.4. The van der Waals surface area contributed by atoms with Gasteiger partial charge in [0.15, 0.2) is 0 Å². The molecule has 19 heavy (non-hydrogen) atoms. The minimum absolute atomic E-state index is 0.0222. The molecule has 1 aromatic carbocycles. The standard InChI is InChI=1S/C14H15F4N/c1-3-13(4-2,9-19)8-10-5-6-11(15)7-12(10)14(16,17)18/h5-7H,3-4,8H2,1-2H3. The molecule has 0 spiro atoms. The smallest absolute Gasteiger partial charge is 0.207 e. The molecule has 0 bridgehead atoms. The molecule has 0 aliphatic heterocycles. The van der Waals surface area contributed by atoms with Crippen molar-refractivity contribution in [2.24, 2.45) is 5.41 Å². The summed E-state index contributed by atoms with van der Waals surface area (Å²) in [6, 6.07) is 4.70. The molecule has 0 saturated carbocycles. The van der Waals surface area contributed by atoms with Crippen LogP contribution in [-0.4, -0.2) is 0 Å². The van der Waals surface area contributed by atoms with Crippen LogP contribution >= 0.6 is 0 Å². The largest absolute Gasteiger partial charge is 0.416 e. The average molecular weight is 273 g/mol. The number of alkyl halides is 3. The van der Waals surface area contributed by atoms with Crippen LogP contribution in [0.3, 0.4) is 0 Å². The highest BCUT2D eigenvalue weighted by molar-refractivity contribution is 5.32. The van der Waals surface area contributed by atoms with Crippen molar-refractivity contribution < 1.29 is 17.6 Å². The Kier molecular flexibility index (Phi) is 4.56. The molecule has 0 fully saturated rings. The number of hydrogen-bond acceptors (Lipinski definition) is 1. The van der Waals surface area contributed by atoms with E-state index in [1.54, 1.807) is 13.8 Å². The Morgan fingerprint density at radius 1 is 1.16 bits per heavy atom. The van der Waals surface area contributed by atoms with Crippen molar-refractivity contribution in [3.8, 4) is 6.07 Å². The van der Waals surface area contributed by atoms with E-state index >= 15 is 0 Å². The van der Waals surface area contributed by atoms with Crippen molar-refractivity contribution in [2.45, 2.75) is 39.3 Å². The van der Waals surface area contributed by atoms with Gasteiger partial charge in [0.2, 0.25) is 0 Å². The van der Waals surface area contributed by atoms with Crippen LogP contribution in [0.2, 0.25) is 0 Å². The molecule has 0 atom stereocenters. The fraction of sp³-hybridized carbons (Fsp3) is 0.500. The highest BCUT2D eigenvalue weighted by Crippen LogP contribution is 2.37. The van der Waals surface area contributed by atoms with Crippen molar-refractivity contribution in [3.63, 3.8) is 0 Å². The minimum Gasteiger partial charge on any atom is -0.207 e. The van der Waals surface area contributed by atoms with Crippen molar-refractivity contribution in [1.29, 1.82) is 5.26 Å². The van der Waals surface area contributed by atoms with E-state index in [2.05, 4.69) is 6.07 Å². The Labute approximate surface area is 109 Å². The number of nitriles is 1. The lowest BCUT2D eigenvalue weighted by Gasteiger charge is -2.25. The van der Waals surface area contributed by atoms with Gasteiger partial charge in [-0.3, -0.25) is 0 Å². The topological polar surface area (TPSA) is 23.8 Å². The number of halogens is 4. The third kappa shape index (κ3) is 3.46. The molecule has 0 unspecified atom stereocenters. The maximum Gasteiger partial charge on any atom is 0.416 e. The van der Waals surface area contributed by atoms with Crippen molar-refractivity contribution in [1.82, 2.24) is 0 Å². The fourth-order valence-electron chi connectivity index (χ4n) is 2.03. The Balaban J connectivity index is 3.25. The van der Waals surface area contributed by atoms with Crippen molar-refractivity contribution in [2.75, 3.05) is 0 Å². The van der Waals surface area contributed by atoms with Gasteiger partial charge in [0.05, 0.1) is 17.0 Å².